The standard InChI is InChI=1S/C32H42N2.C30H38N2.C29H36N2.3C5H10.3CH4.6CH3.3Fe/c1-21(2)25-15-9-10-16-28(25)32(30-20-12-19-29(33-30)24-13-7-8-14-24)34-31-26(22(3)4)17-11-18-27(31)23(5)6;1-20(2)24-16-10-17-25(21(3)4)29(24)32-30(26-15-9-6-12-22(26)5)28-19-11-18-27(31-28)23-13-7-8-14-23;1-19(2)24-13-8-9-14-25(24)29(31-28-21(4)17-20(3)18-22(28)5)27-16-10-15-26(30-27)23-11-6-7-12-23;3*1-2-4-5-3-1;;;;;;;;;;;;/h9-12,15-24,32,34H,7-8,13-14H2,1-6H3;6,9-12,15-21,23,30,32H,7-8,13-14H2,1-5H3;8-10,13-19,23,29,31H,6-7,11-12H2,1-5H3;3*1-5H2;3*1H4;6*1H3;;;/q;;;;;;;;;6*-1;3*+2. The number of hydrogen-bond donors (Lipinski definition) is 3. The minimum atomic E-state index is 0. The van der Waals surface area contributed by atoms with E-state index in [1.54, 1.807) is 0 Å². The topological polar surface area (TPSA) is 74.8 Å². The maximum atomic E-state index is 5.31. The van der Waals surface area contributed by atoms with Crippen molar-refractivity contribution in [1.82, 2.24) is 15.0 Å². The molecule has 6 aliphatic carbocycles. The number of benzene rings is 6. The van der Waals surface area contributed by atoms with Gasteiger partial charge in [0.05, 0.1) is 35.2 Å². The van der Waals surface area contributed by atoms with E-state index in [-0.39, 0.29) is 136 Å². The number of anilines is 3. The molecule has 0 bridgehead atoms. The molecule has 690 valence electrons. The first-order chi connectivity index (χ1) is 54.3. The average Bonchev–Trinajstić information content (AvgIpc) is 0.825. The third-order valence-electron chi connectivity index (χ3n) is 25.0. The molecule has 124 heavy (non-hydrogen) atoms. The molecule has 9 aromatic rings. The first-order valence-electron chi connectivity index (χ1n) is 45.0. The molecule has 15 rings (SSSR count). The second kappa shape index (κ2) is 62.8. The van der Waals surface area contributed by atoms with E-state index in [0.717, 1.165) is 17.1 Å². The number of nitrogens with zero attached hydrogens (tertiary/aromatic N) is 3. The van der Waals surface area contributed by atoms with E-state index < -0.39 is 0 Å². The van der Waals surface area contributed by atoms with E-state index >= 15 is 0 Å². The summed E-state index contributed by atoms with van der Waals surface area (Å²) in [6.45, 7) is 36.2. The number of aromatic nitrogens is 3. The van der Waals surface area contributed by atoms with Crippen LogP contribution in [0.5, 0.6) is 0 Å². The summed E-state index contributed by atoms with van der Waals surface area (Å²) >= 11 is 0. The molecule has 6 fully saturated rings. The Morgan fingerprint density at radius 2 is 0.444 bits per heavy atom. The maximum absolute atomic E-state index is 5.31. The SMILES string of the molecule is C.C.C.C1CCCC1.C1CCCC1.C1CCCC1.CC(C)c1ccccc1C(Nc1c(C(C)C)cccc1C(C)C)c1cccc(C2CCCC2)n1.Cc1cc(C)c(NC(c2cccc(C3CCCC3)n2)c2ccccc2C(C)C)c(C)c1.Cc1ccccc1C(Nc1c(C(C)C)cccc1C(C)C)c1cccc(C2CCCC2)n1.[CH3-].[CH3-].[CH3-].[CH3-].[CH3-].[CH3-].[Fe+2].[Fe+2].[Fe+2]. The Balaban J connectivity index is -0.00000155. The summed E-state index contributed by atoms with van der Waals surface area (Å²) in [4.78, 5) is 15.8. The van der Waals surface area contributed by atoms with E-state index in [2.05, 4.69) is 303 Å². The van der Waals surface area contributed by atoms with Gasteiger partial charge in [0.2, 0.25) is 0 Å². The summed E-state index contributed by atoms with van der Waals surface area (Å²) in [5.41, 5.74) is 28.4. The Hall–Kier alpha value is -6.27. The quantitative estimate of drug-likeness (QED) is 0.0492. The van der Waals surface area contributed by atoms with Crippen molar-refractivity contribution >= 4 is 17.1 Å². The largest absolute Gasteiger partial charge is 2.00 e. The summed E-state index contributed by atoms with van der Waals surface area (Å²) in [6, 6.07) is 64.6. The number of pyridine rings is 3. The first-order valence-corrected chi connectivity index (χ1v) is 45.0. The second-order valence-electron chi connectivity index (χ2n) is 35.9. The molecule has 0 spiro atoms. The molecule has 0 aliphatic heterocycles. The van der Waals surface area contributed by atoms with Crippen LogP contribution in [0, 0.1) is 72.3 Å². The Labute approximate surface area is 797 Å². The number of rotatable bonds is 21. The third-order valence-corrected chi connectivity index (χ3v) is 25.0. The number of nitrogens with one attached hydrogen (secondary N) is 3. The van der Waals surface area contributed by atoms with Crippen molar-refractivity contribution in [1.29, 1.82) is 0 Å². The molecule has 6 nitrogen and oxygen atoms in total. The van der Waals surface area contributed by atoms with Gasteiger partial charge in [0.1, 0.15) is 0 Å². The summed E-state index contributed by atoms with van der Waals surface area (Å²) in [5, 5.41) is 12.0. The van der Waals surface area contributed by atoms with Crippen LogP contribution in [0.25, 0.3) is 0 Å². The monoisotopic (exact) mass is 1810 g/mol. The van der Waals surface area contributed by atoms with Crippen LogP contribution in [-0.2, 0) is 51.2 Å². The zero-order valence-corrected chi connectivity index (χ0v) is 83.0. The predicted octanol–water partition coefficient (Wildman–Crippen LogP) is 36.3. The fourth-order valence-electron chi connectivity index (χ4n) is 18.6. The van der Waals surface area contributed by atoms with E-state index in [4.69, 9.17) is 15.0 Å². The van der Waals surface area contributed by atoms with Gasteiger partial charge in [-0.15, -0.1) is 0 Å². The molecular formula is C115H176Fe3N6. The van der Waals surface area contributed by atoms with Gasteiger partial charge >= 0.3 is 51.2 Å². The van der Waals surface area contributed by atoms with Crippen LogP contribution in [-0.4, -0.2) is 15.0 Å². The molecule has 3 aromatic heterocycles. The molecule has 3 N–H and O–H groups in total. The van der Waals surface area contributed by atoms with Gasteiger partial charge in [-0.2, -0.15) is 0 Å². The second-order valence-corrected chi connectivity index (χ2v) is 35.9. The number of para-hydroxylation sites is 2. The maximum Gasteiger partial charge on any atom is 2.00 e. The molecule has 6 aromatic carbocycles. The van der Waals surface area contributed by atoms with Crippen LogP contribution in [0.3, 0.4) is 0 Å². The molecule has 0 saturated heterocycles. The van der Waals surface area contributed by atoms with Crippen LogP contribution in [0.1, 0.15) is 457 Å². The molecule has 0 radical (unpaired) electrons. The summed E-state index contributed by atoms with van der Waals surface area (Å²) in [6.07, 6.45) is 38.1. The molecular weight excluding hydrogens is 1630 g/mol. The average molecular weight is 1810 g/mol. The van der Waals surface area contributed by atoms with Crippen molar-refractivity contribution in [3.05, 3.63) is 327 Å². The van der Waals surface area contributed by atoms with E-state index in [1.165, 1.54) is 280 Å². The smallest absolute Gasteiger partial charge is 0.372 e. The van der Waals surface area contributed by atoms with E-state index in [0.29, 0.717) is 53.3 Å². The van der Waals surface area contributed by atoms with Crippen LogP contribution in [0.15, 0.2) is 176 Å². The minimum Gasteiger partial charge on any atom is -0.372 e. The van der Waals surface area contributed by atoms with Gasteiger partial charge in [0.15, 0.2) is 0 Å². The van der Waals surface area contributed by atoms with Gasteiger partial charge in [-0.1, -0.05) is 385 Å². The molecule has 3 unspecified atom stereocenters. The Morgan fingerprint density at radius 1 is 0.234 bits per heavy atom. The van der Waals surface area contributed by atoms with Gasteiger partial charge in [-0.25, -0.2) is 0 Å². The zero-order valence-electron chi connectivity index (χ0n) is 79.7. The van der Waals surface area contributed by atoms with Crippen LogP contribution >= 0.6 is 0 Å². The van der Waals surface area contributed by atoms with Crippen molar-refractivity contribution in [2.24, 2.45) is 0 Å². The fraction of sp³-hybridized carbons (Fsp3) is 0.504. The van der Waals surface area contributed by atoms with Gasteiger partial charge < -0.3 is 60.5 Å². The van der Waals surface area contributed by atoms with Crippen molar-refractivity contribution < 1.29 is 51.2 Å². The Kier molecular flexibility index (Phi) is 61.8. The van der Waals surface area contributed by atoms with Crippen molar-refractivity contribution in [2.75, 3.05) is 16.0 Å². The molecule has 0 amide bonds. The Morgan fingerprint density at radius 3 is 0.694 bits per heavy atom. The van der Waals surface area contributed by atoms with Crippen molar-refractivity contribution in [2.45, 2.75) is 378 Å². The molecule has 6 aliphatic rings. The summed E-state index contributed by atoms with van der Waals surface area (Å²) in [5.74, 6) is 4.53. The zero-order chi connectivity index (χ0) is 79.5. The molecule has 3 atom stereocenters. The Bertz CT molecular complexity index is 4170. The summed E-state index contributed by atoms with van der Waals surface area (Å²) < 4.78 is 0. The van der Waals surface area contributed by atoms with E-state index in [1.807, 2.05) is 0 Å². The van der Waals surface area contributed by atoms with Gasteiger partial charge in [-0.05, 0) is 205 Å². The molecule has 6 saturated carbocycles. The first kappa shape index (κ1) is 122. The van der Waals surface area contributed by atoms with Gasteiger partial charge in [0.25, 0.3) is 0 Å². The number of aryl methyl sites for hydroxylation is 4. The van der Waals surface area contributed by atoms with Crippen molar-refractivity contribution in [3.63, 3.8) is 0 Å². The predicted molar refractivity (Wildman–Crippen MR) is 543 cm³/mol. The normalized spacial score (nSPS) is 15.0. The van der Waals surface area contributed by atoms with Crippen LogP contribution in [0.4, 0.5) is 17.1 Å². The van der Waals surface area contributed by atoms with Gasteiger partial charge in [-0.3, -0.25) is 15.0 Å². The minimum absolute atomic E-state index is 0. The molecule has 3 heterocycles. The van der Waals surface area contributed by atoms with Crippen LogP contribution in [0.2, 0.25) is 0 Å². The fourth-order valence-corrected chi connectivity index (χ4v) is 18.6. The summed E-state index contributed by atoms with van der Waals surface area (Å²) in [7, 11) is 0. The number of hydrogen-bond acceptors (Lipinski definition) is 6. The van der Waals surface area contributed by atoms with Crippen LogP contribution < -0.4 is 16.0 Å². The van der Waals surface area contributed by atoms with Crippen molar-refractivity contribution in [3.8, 4) is 0 Å². The van der Waals surface area contributed by atoms with Gasteiger partial charge in [0, 0.05) is 51.9 Å². The molecule has 9 heteroatoms. The van der Waals surface area contributed by atoms with E-state index in [9.17, 15) is 0 Å². The third kappa shape index (κ3) is 35.0.